The van der Waals surface area contributed by atoms with Gasteiger partial charge in [0.05, 0.1) is 30.5 Å². The van der Waals surface area contributed by atoms with E-state index < -0.39 is 0 Å². The zero-order valence-corrected chi connectivity index (χ0v) is 19.4. The molecule has 4 aromatic rings. The average Bonchev–Trinajstić information content (AvgIpc) is 3.40. The molecule has 0 aliphatic heterocycles. The fraction of sp³-hybridized carbons (Fsp3) is 0.364. The first-order valence-electron chi connectivity index (χ1n) is 10.5. The smallest absolute Gasteiger partial charge is 0.316 e. The standard InChI is InChI=1S/C22H22N4O4S2/c1-3-30-17(27)12-31-22-24-23-21-25(13-8-10-14(29-2)11-9-13)19(28)18-15-6-4-5-7-16(15)32-20(18)26(21)22/h8-11H,3-7,12H2,1-2H3. The first-order chi connectivity index (χ1) is 15.6. The van der Waals surface area contributed by atoms with E-state index in [4.69, 9.17) is 9.47 Å². The molecule has 0 amide bonds. The Morgan fingerprint density at radius 1 is 1.19 bits per heavy atom. The Kier molecular flexibility index (Phi) is 5.64. The van der Waals surface area contributed by atoms with Gasteiger partial charge >= 0.3 is 5.97 Å². The van der Waals surface area contributed by atoms with Gasteiger partial charge in [0.25, 0.3) is 5.56 Å². The first-order valence-corrected chi connectivity index (χ1v) is 12.3. The van der Waals surface area contributed by atoms with Crippen molar-refractivity contribution in [3.63, 3.8) is 0 Å². The molecule has 166 valence electrons. The number of fused-ring (bicyclic) bond motifs is 5. The molecule has 0 atom stereocenters. The highest BCUT2D eigenvalue weighted by atomic mass is 32.2. The molecule has 3 aromatic heterocycles. The zero-order chi connectivity index (χ0) is 22.2. The summed E-state index contributed by atoms with van der Waals surface area (Å²) < 4.78 is 13.8. The molecule has 0 N–H and O–H groups in total. The highest BCUT2D eigenvalue weighted by Crippen LogP contribution is 2.36. The largest absolute Gasteiger partial charge is 0.497 e. The predicted molar refractivity (Wildman–Crippen MR) is 125 cm³/mol. The molecular formula is C22H22N4O4S2. The van der Waals surface area contributed by atoms with Gasteiger partial charge in [-0.15, -0.1) is 21.5 Å². The number of carbonyl (C=O) groups is 1. The van der Waals surface area contributed by atoms with Gasteiger partial charge < -0.3 is 9.47 Å². The second kappa shape index (κ2) is 8.59. The van der Waals surface area contributed by atoms with Crippen LogP contribution in [-0.2, 0) is 22.4 Å². The lowest BCUT2D eigenvalue weighted by Gasteiger charge is -2.12. The number of aryl methyl sites for hydroxylation is 2. The molecule has 1 aliphatic carbocycles. The molecule has 0 bridgehead atoms. The summed E-state index contributed by atoms with van der Waals surface area (Å²) >= 11 is 2.90. The number of thiophene rings is 1. The van der Waals surface area contributed by atoms with Crippen molar-refractivity contribution in [2.45, 2.75) is 37.8 Å². The van der Waals surface area contributed by atoms with E-state index in [-0.39, 0.29) is 17.3 Å². The Morgan fingerprint density at radius 2 is 1.97 bits per heavy atom. The molecule has 0 fully saturated rings. The van der Waals surface area contributed by atoms with Crippen molar-refractivity contribution >= 4 is 45.1 Å². The van der Waals surface area contributed by atoms with Crippen molar-refractivity contribution in [3.05, 3.63) is 45.1 Å². The fourth-order valence-electron chi connectivity index (χ4n) is 4.10. The zero-order valence-electron chi connectivity index (χ0n) is 17.8. The van der Waals surface area contributed by atoms with Crippen LogP contribution in [0.3, 0.4) is 0 Å². The minimum atomic E-state index is -0.306. The normalized spacial score (nSPS) is 13.4. The number of benzene rings is 1. The summed E-state index contributed by atoms with van der Waals surface area (Å²) in [4.78, 5) is 27.8. The number of hydrogen-bond acceptors (Lipinski definition) is 8. The van der Waals surface area contributed by atoms with E-state index in [1.807, 2.05) is 28.7 Å². The van der Waals surface area contributed by atoms with E-state index in [0.29, 0.717) is 29.0 Å². The van der Waals surface area contributed by atoms with Crippen LogP contribution in [0.25, 0.3) is 21.7 Å². The summed E-state index contributed by atoms with van der Waals surface area (Å²) in [6.07, 6.45) is 4.07. The monoisotopic (exact) mass is 470 g/mol. The van der Waals surface area contributed by atoms with E-state index in [1.165, 1.54) is 16.6 Å². The molecule has 1 aromatic carbocycles. The van der Waals surface area contributed by atoms with Gasteiger partial charge in [-0.3, -0.25) is 9.59 Å². The van der Waals surface area contributed by atoms with Gasteiger partial charge in [0.15, 0.2) is 5.16 Å². The number of esters is 1. The quantitative estimate of drug-likeness (QED) is 0.314. The van der Waals surface area contributed by atoms with Crippen LogP contribution in [0.2, 0.25) is 0 Å². The Hall–Kier alpha value is -2.85. The van der Waals surface area contributed by atoms with Crippen molar-refractivity contribution in [3.8, 4) is 11.4 Å². The highest BCUT2D eigenvalue weighted by Gasteiger charge is 2.25. The van der Waals surface area contributed by atoms with Crippen LogP contribution in [0.4, 0.5) is 0 Å². The molecule has 8 nitrogen and oxygen atoms in total. The first kappa shape index (κ1) is 21.0. The molecule has 0 spiro atoms. The van der Waals surface area contributed by atoms with Crippen molar-refractivity contribution in [1.82, 2.24) is 19.2 Å². The third-order valence-electron chi connectivity index (χ3n) is 5.54. The Bertz CT molecular complexity index is 1370. The number of rotatable bonds is 6. The fourth-order valence-corrected chi connectivity index (χ4v) is 6.27. The van der Waals surface area contributed by atoms with Crippen LogP contribution in [0.1, 0.15) is 30.2 Å². The molecule has 0 radical (unpaired) electrons. The summed E-state index contributed by atoms with van der Waals surface area (Å²) in [6.45, 7) is 2.11. The van der Waals surface area contributed by atoms with E-state index in [0.717, 1.165) is 41.5 Å². The summed E-state index contributed by atoms with van der Waals surface area (Å²) in [6, 6.07) is 7.31. The van der Waals surface area contributed by atoms with Crippen LogP contribution < -0.4 is 10.3 Å². The van der Waals surface area contributed by atoms with Gasteiger partial charge in [-0.2, -0.15) is 0 Å². The van der Waals surface area contributed by atoms with Gasteiger partial charge in [-0.1, -0.05) is 11.8 Å². The van der Waals surface area contributed by atoms with E-state index in [1.54, 1.807) is 29.9 Å². The lowest BCUT2D eigenvalue weighted by Crippen LogP contribution is -2.22. The van der Waals surface area contributed by atoms with Gasteiger partial charge in [-0.25, -0.2) is 8.97 Å². The van der Waals surface area contributed by atoms with Crippen LogP contribution >= 0.6 is 23.1 Å². The van der Waals surface area contributed by atoms with Crippen LogP contribution in [-0.4, -0.2) is 44.6 Å². The molecule has 10 heteroatoms. The second-order valence-corrected chi connectivity index (χ2v) is 9.47. The number of ether oxygens (including phenoxy) is 2. The third kappa shape index (κ3) is 3.47. The minimum Gasteiger partial charge on any atom is -0.497 e. The molecule has 5 rings (SSSR count). The number of carbonyl (C=O) groups excluding carboxylic acids is 1. The van der Waals surface area contributed by atoms with Gasteiger partial charge in [0, 0.05) is 4.88 Å². The third-order valence-corrected chi connectivity index (χ3v) is 7.72. The second-order valence-electron chi connectivity index (χ2n) is 7.44. The number of hydrogen-bond donors (Lipinski definition) is 0. The van der Waals surface area contributed by atoms with Crippen molar-refractivity contribution in [2.24, 2.45) is 0 Å². The van der Waals surface area contributed by atoms with E-state index in [9.17, 15) is 9.59 Å². The maximum atomic E-state index is 13.8. The molecule has 0 unspecified atom stereocenters. The van der Waals surface area contributed by atoms with Gasteiger partial charge in [0.2, 0.25) is 5.78 Å². The van der Waals surface area contributed by atoms with Crippen LogP contribution in [0.5, 0.6) is 5.75 Å². The number of aromatic nitrogens is 4. The van der Waals surface area contributed by atoms with Crippen molar-refractivity contribution < 1.29 is 14.3 Å². The molecule has 0 saturated heterocycles. The summed E-state index contributed by atoms with van der Waals surface area (Å²) in [5.74, 6) is 0.958. The van der Waals surface area contributed by atoms with Crippen LogP contribution in [0.15, 0.2) is 34.2 Å². The maximum absolute atomic E-state index is 13.8. The van der Waals surface area contributed by atoms with Crippen molar-refractivity contribution in [1.29, 1.82) is 0 Å². The molecular weight excluding hydrogens is 448 g/mol. The Labute approximate surface area is 192 Å². The molecule has 32 heavy (non-hydrogen) atoms. The molecule has 1 aliphatic rings. The highest BCUT2D eigenvalue weighted by molar-refractivity contribution is 7.99. The average molecular weight is 471 g/mol. The predicted octanol–water partition coefficient (Wildman–Crippen LogP) is 3.64. The molecule has 3 heterocycles. The van der Waals surface area contributed by atoms with Crippen LogP contribution in [0, 0.1) is 0 Å². The minimum absolute atomic E-state index is 0.0913. The van der Waals surface area contributed by atoms with E-state index in [2.05, 4.69) is 10.2 Å². The maximum Gasteiger partial charge on any atom is 0.316 e. The molecule has 0 saturated carbocycles. The number of methoxy groups -OCH3 is 1. The Morgan fingerprint density at radius 3 is 2.72 bits per heavy atom. The summed E-state index contributed by atoms with van der Waals surface area (Å²) in [5, 5.41) is 9.99. The summed E-state index contributed by atoms with van der Waals surface area (Å²) in [7, 11) is 1.61. The van der Waals surface area contributed by atoms with Gasteiger partial charge in [0.1, 0.15) is 10.6 Å². The SMILES string of the molecule is CCOC(=O)CSc1nnc2n(-c3ccc(OC)cc3)c(=O)c3c4c(sc3n12)CCCC4. The lowest BCUT2D eigenvalue weighted by atomic mass is 9.97. The number of nitrogens with zero attached hydrogens (tertiary/aromatic N) is 4. The summed E-state index contributed by atoms with van der Waals surface area (Å²) in [5.41, 5.74) is 1.74. The Balaban J connectivity index is 1.76. The van der Waals surface area contributed by atoms with Crippen molar-refractivity contribution in [2.75, 3.05) is 19.5 Å². The van der Waals surface area contributed by atoms with Gasteiger partial charge in [-0.05, 0) is 62.4 Å². The number of thioether (sulfide) groups is 1. The lowest BCUT2D eigenvalue weighted by molar-refractivity contribution is -0.139. The van der Waals surface area contributed by atoms with E-state index >= 15 is 0 Å². The topological polar surface area (TPSA) is 87.7 Å².